The SMILES string of the molecule is Cc1ccc(C(=O)CN(C)Cc2ccc(Br)cc2)c(C)c1. The summed E-state index contributed by atoms with van der Waals surface area (Å²) in [7, 11) is 1.98. The minimum Gasteiger partial charge on any atom is -0.295 e. The lowest BCUT2D eigenvalue weighted by Crippen LogP contribution is -2.26. The van der Waals surface area contributed by atoms with E-state index in [0.717, 1.165) is 22.1 Å². The Bertz CT molecular complexity index is 634. The quantitative estimate of drug-likeness (QED) is 0.749. The van der Waals surface area contributed by atoms with Crippen molar-refractivity contribution >= 4 is 21.7 Å². The lowest BCUT2D eigenvalue weighted by molar-refractivity contribution is 0.0942. The molecule has 0 saturated heterocycles. The van der Waals surface area contributed by atoms with Crippen LogP contribution in [-0.2, 0) is 6.54 Å². The summed E-state index contributed by atoms with van der Waals surface area (Å²) in [5.41, 5.74) is 4.27. The van der Waals surface area contributed by atoms with Crippen molar-refractivity contribution in [2.24, 2.45) is 0 Å². The van der Waals surface area contributed by atoms with Gasteiger partial charge in [0.15, 0.2) is 5.78 Å². The van der Waals surface area contributed by atoms with Crippen molar-refractivity contribution in [3.8, 4) is 0 Å². The molecule has 110 valence electrons. The molecule has 3 heteroatoms. The molecule has 0 saturated carbocycles. The van der Waals surface area contributed by atoms with Crippen molar-refractivity contribution in [2.45, 2.75) is 20.4 Å². The van der Waals surface area contributed by atoms with E-state index >= 15 is 0 Å². The molecule has 0 aliphatic heterocycles. The fourth-order valence-electron chi connectivity index (χ4n) is 2.41. The maximum absolute atomic E-state index is 12.4. The summed E-state index contributed by atoms with van der Waals surface area (Å²) in [5, 5.41) is 0. The lowest BCUT2D eigenvalue weighted by atomic mass is 10.0. The zero-order valence-electron chi connectivity index (χ0n) is 12.7. The molecular weight excluding hydrogens is 326 g/mol. The van der Waals surface area contributed by atoms with Crippen LogP contribution in [0.3, 0.4) is 0 Å². The van der Waals surface area contributed by atoms with Gasteiger partial charge in [0.1, 0.15) is 0 Å². The van der Waals surface area contributed by atoms with Gasteiger partial charge >= 0.3 is 0 Å². The third-order valence-electron chi connectivity index (χ3n) is 3.46. The van der Waals surface area contributed by atoms with Gasteiger partial charge < -0.3 is 0 Å². The van der Waals surface area contributed by atoms with E-state index in [4.69, 9.17) is 0 Å². The number of hydrogen-bond acceptors (Lipinski definition) is 2. The molecule has 0 unspecified atom stereocenters. The monoisotopic (exact) mass is 345 g/mol. The van der Waals surface area contributed by atoms with Gasteiger partial charge in [-0.1, -0.05) is 51.8 Å². The highest BCUT2D eigenvalue weighted by atomic mass is 79.9. The molecule has 0 N–H and O–H groups in total. The summed E-state index contributed by atoms with van der Waals surface area (Å²) in [6.07, 6.45) is 0. The van der Waals surface area contributed by atoms with Gasteiger partial charge in [-0.3, -0.25) is 9.69 Å². The third-order valence-corrected chi connectivity index (χ3v) is 3.99. The van der Waals surface area contributed by atoms with E-state index in [9.17, 15) is 4.79 Å². The second-order valence-corrected chi connectivity index (χ2v) is 6.46. The molecule has 0 spiro atoms. The van der Waals surface area contributed by atoms with Gasteiger partial charge in [-0.2, -0.15) is 0 Å². The van der Waals surface area contributed by atoms with Crippen LogP contribution in [0.4, 0.5) is 0 Å². The van der Waals surface area contributed by atoms with Crippen LogP contribution in [0, 0.1) is 13.8 Å². The van der Waals surface area contributed by atoms with Gasteiger partial charge in [0.25, 0.3) is 0 Å². The minimum absolute atomic E-state index is 0.173. The molecule has 2 nitrogen and oxygen atoms in total. The van der Waals surface area contributed by atoms with E-state index in [2.05, 4.69) is 34.1 Å². The number of Topliss-reactive ketones (excluding diaryl/α,β-unsaturated/α-hetero) is 1. The van der Waals surface area contributed by atoms with Crippen LogP contribution in [-0.4, -0.2) is 24.3 Å². The number of aryl methyl sites for hydroxylation is 2. The number of hydrogen-bond donors (Lipinski definition) is 0. The molecule has 0 fully saturated rings. The summed E-state index contributed by atoms with van der Waals surface area (Å²) in [4.78, 5) is 14.4. The molecule has 0 aliphatic rings. The second-order valence-electron chi connectivity index (χ2n) is 5.54. The second kappa shape index (κ2) is 7.01. The highest BCUT2D eigenvalue weighted by Crippen LogP contribution is 2.14. The predicted octanol–water partition coefficient (Wildman–Crippen LogP) is 4.38. The number of halogens is 1. The lowest BCUT2D eigenvalue weighted by Gasteiger charge is -2.16. The van der Waals surface area contributed by atoms with Crippen LogP contribution >= 0.6 is 15.9 Å². The molecule has 0 heterocycles. The first kappa shape index (κ1) is 15.9. The predicted molar refractivity (Wildman–Crippen MR) is 90.7 cm³/mol. The number of carbonyl (C=O) groups is 1. The van der Waals surface area contributed by atoms with Crippen LogP contribution in [0.2, 0.25) is 0 Å². The number of rotatable bonds is 5. The van der Waals surface area contributed by atoms with Crippen LogP contribution in [0.1, 0.15) is 27.0 Å². The van der Waals surface area contributed by atoms with Gasteiger partial charge in [-0.15, -0.1) is 0 Å². The Morgan fingerprint density at radius 1 is 1.10 bits per heavy atom. The Morgan fingerprint density at radius 3 is 2.38 bits per heavy atom. The number of likely N-dealkylation sites (N-methyl/N-ethyl adjacent to an activating group) is 1. The zero-order chi connectivity index (χ0) is 15.4. The largest absolute Gasteiger partial charge is 0.295 e. The normalized spacial score (nSPS) is 10.9. The van der Waals surface area contributed by atoms with Gasteiger partial charge in [0, 0.05) is 16.6 Å². The molecule has 2 rings (SSSR count). The molecule has 0 bridgehead atoms. The summed E-state index contributed by atoms with van der Waals surface area (Å²) in [5.74, 6) is 0.173. The van der Waals surface area contributed by atoms with E-state index in [-0.39, 0.29) is 5.78 Å². The van der Waals surface area contributed by atoms with Crippen molar-refractivity contribution in [1.29, 1.82) is 0 Å². The van der Waals surface area contributed by atoms with Crippen LogP contribution in [0.15, 0.2) is 46.9 Å². The van der Waals surface area contributed by atoms with E-state index in [1.165, 1.54) is 11.1 Å². The highest BCUT2D eigenvalue weighted by molar-refractivity contribution is 9.10. The Morgan fingerprint density at radius 2 is 1.76 bits per heavy atom. The Kier molecular flexibility index (Phi) is 5.32. The maximum atomic E-state index is 12.4. The number of carbonyl (C=O) groups excluding carboxylic acids is 1. The van der Waals surface area contributed by atoms with Gasteiger partial charge in [-0.05, 0) is 44.2 Å². The van der Waals surface area contributed by atoms with E-state index < -0.39 is 0 Å². The van der Waals surface area contributed by atoms with E-state index in [1.54, 1.807) is 0 Å². The molecular formula is C18H20BrNO. The summed E-state index contributed by atoms with van der Waals surface area (Å²) in [6.45, 7) is 5.24. The first-order valence-electron chi connectivity index (χ1n) is 6.99. The Balaban J connectivity index is 2.00. The molecule has 0 radical (unpaired) electrons. The summed E-state index contributed by atoms with van der Waals surface area (Å²) >= 11 is 3.43. The highest BCUT2D eigenvalue weighted by Gasteiger charge is 2.12. The topological polar surface area (TPSA) is 20.3 Å². The van der Waals surface area contributed by atoms with E-state index in [1.807, 2.05) is 50.1 Å². The van der Waals surface area contributed by atoms with Crippen molar-refractivity contribution in [2.75, 3.05) is 13.6 Å². The molecule has 2 aromatic carbocycles. The molecule has 0 aromatic heterocycles. The molecule has 0 aliphatic carbocycles. The average Bonchev–Trinajstić information content (AvgIpc) is 2.41. The molecule has 2 aromatic rings. The Hall–Kier alpha value is -1.45. The van der Waals surface area contributed by atoms with Gasteiger partial charge in [0.2, 0.25) is 0 Å². The summed E-state index contributed by atoms with van der Waals surface area (Å²) < 4.78 is 1.07. The minimum atomic E-state index is 0.173. The smallest absolute Gasteiger partial charge is 0.177 e. The first-order chi connectivity index (χ1) is 9.95. The first-order valence-corrected chi connectivity index (χ1v) is 7.78. The van der Waals surface area contributed by atoms with Crippen LogP contribution < -0.4 is 0 Å². The Labute approximate surface area is 134 Å². The number of benzene rings is 2. The van der Waals surface area contributed by atoms with Gasteiger partial charge in [-0.25, -0.2) is 0 Å². The van der Waals surface area contributed by atoms with Crippen LogP contribution in [0.25, 0.3) is 0 Å². The molecule has 0 atom stereocenters. The van der Waals surface area contributed by atoms with Crippen molar-refractivity contribution in [3.05, 3.63) is 69.2 Å². The number of ketones is 1. The maximum Gasteiger partial charge on any atom is 0.177 e. The zero-order valence-corrected chi connectivity index (χ0v) is 14.3. The standard InChI is InChI=1S/C18H20BrNO/c1-13-4-9-17(14(2)10-13)18(21)12-20(3)11-15-5-7-16(19)8-6-15/h4-10H,11-12H2,1-3H3. The van der Waals surface area contributed by atoms with Crippen LogP contribution in [0.5, 0.6) is 0 Å². The van der Waals surface area contributed by atoms with Gasteiger partial charge in [0.05, 0.1) is 6.54 Å². The molecule has 21 heavy (non-hydrogen) atoms. The number of nitrogens with zero attached hydrogens (tertiary/aromatic N) is 1. The molecule has 0 amide bonds. The van der Waals surface area contributed by atoms with Crippen molar-refractivity contribution in [3.63, 3.8) is 0 Å². The fraction of sp³-hybridized carbons (Fsp3) is 0.278. The average molecular weight is 346 g/mol. The third kappa shape index (κ3) is 4.51. The fourth-order valence-corrected chi connectivity index (χ4v) is 2.68. The van der Waals surface area contributed by atoms with Crippen molar-refractivity contribution in [1.82, 2.24) is 4.90 Å². The van der Waals surface area contributed by atoms with Crippen molar-refractivity contribution < 1.29 is 4.79 Å². The van der Waals surface area contributed by atoms with E-state index in [0.29, 0.717) is 6.54 Å². The summed E-state index contributed by atoms with van der Waals surface area (Å²) in [6, 6.07) is 14.2.